The van der Waals surface area contributed by atoms with Crippen molar-refractivity contribution in [2.24, 2.45) is 0 Å². The van der Waals surface area contributed by atoms with E-state index < -0.39 is 48.1 Å². The third-order valence-electron chi connectivity index (χ3n) is 8.42. The van der Waals surface area contributed by atoms with Crippen LogP contribution in [0.25, 0.3) is 0 Å². The van der Waals surface area contributed by atoms with Crippen molar-refractivity contribution >= 4 is 23.6 Å². The number of carbonyl (C=O) groups is 4. The Morgan fingerprint density at radius 2 is 1.69 bits per heavy atom. The molecule has 0 saturated carbocycles. The highest BCUT2D eigenvalue weighted by atomic mass is 19.1. The van der Waals surface area contributed by atoms with Gasteiger partial charge in [-0.15, -0.1) is 0 Å². The number of ether oxygens (including phenoxy) is 3. The highest BCUT2D eigenvalue weighted by Gasteiger charge is 2.31. The minimum atomic E-state index is -1.35. The molecule has 3 atom stereocenters. The number of para-hydroxylation sites is 2. The summed E-state index contributed by atoms with van der Waals surface area (Å²) in [6.07, 6.45) is -0.254. The molecular formula is C40H43FN4O7. The van der Waals surface area contributed by atoms with Gasteiger partial charge in [0.2, 0.25) is 17.7 Å². The molecule has 5 rings (SSSR count). The fraction of sp³-hybridized carbons (Fsp3) is 0.300. The predicted octanol–water partition coefficient (Wildman–Crippen LogP) is 4.97. The molecule has 272 valence electrons. The molecule has 12 heteroatoms. The van der Waals surface area contributed by atoms with Crippen LogP contribution in [-0.2, 0) is 20.8 Å². The minimum Gasteiger partial charge on any atom is -0.491 e. The molecule has 52 heavy (non-hydrogen) atoms. The zero-order valence-corrected chi connectivity index (χ0v) is 29.4. The summed E-state index contributed by atoms with van der Waals surface area (Å²) in [6.45, 7) is 5.93. The molecule has 0 aliphatic carbocycles. The van der Waals surface area contributed by atoms with E-state index in [0.29, 0.717) is 12.3 Å². The number of fused-ring (bicyclic) bond motifs is 1. The van der Waals surface area contributed by atoms with Crippen LogP contribution in [0.4, 0.5) is 4.39 Å². The first-order chi connectivity index (χ1) is 25.1. The molecule has 3 N–H and O–H groups in total. The van der Waals surface area contributed by atoms with Crippen molar-refractivity contribution in [1.29, 1.82) is 0 Å². The van der Waals surface area contributed by atoms with Crippen molar-refractivity contribution in [3.05, 3.63) is 120 Å². The van der Waals surface area contributed by atoms with Gasteiger partial charge in [-0.05, 0) is 62.7 Å². The summed E-state index contributed by atoms with van der Waals surface area (Å²) in [6, 6.07) is 24.4. The van der Waals surface area contributed by atoms with E-state index in [0.717, 1.165) is 11.1 Å². The molecule has 1 heterocycles. The molecule has 4 aromatic carbocycles. The normalized spacial score (nSPS) is 17.4. The van der Waals surface area contributed by atoms with Crippen LogP contribution in [0, 0.1) is 12.7 Å². The maximum Gasteiger partial charge on any atom is 0.255 e. The Morgan fingerprint density at radius 1 is 0.962 bits per heavy atom. The number of aryl methyl sites for hydroxylation is 1. The number of hydrogen-bond donors (Lipinski definition) is 3. The van der Waals surface area contributed by atoms with E-state index in [1.54, 1.807) is 54.3 Å². The summed E-state index contributed by atoms with van der Waals surface area (Å²) in [4.78, 5) is 56.2. The predicted molar refractivity (Wildman–Crippen MR) is 193 cm³/mol. The van der Waals surface area contributed by atoms with Gasteiger partial charge >= 0.3 is 0 Å². The van der Waals surface area contributed by atoms with Crippen LogP contribution in [0.1, 0.15) is 41.8 Å². The Hall–Kier alpha value is -5.91. The van der Waals surface area contributed by atoms with E-state index >= 15 is 0 Å². The molecule has 0 aromatic heterocycles. The molecule has 0 spiro atoms. The second kappa shape index (κ2) is 17.8. The molecular weight excluding hydrogens is 667 g/mol. The highest BCUT2D eigenvalue weighted by Crippen LogP contribution is 2.34. The van der Waals surface area contributed by atoms with Gasteiger partial charge in [0.05, 0.1) is 24.6 Å². The molecule has 0 bridgehead atoms. The first-order valence-electron chi connectivity index (χ1n) is 17.2. The Bertz CT molecular complexity index is 1850. The Kier molecular flexibility index (Phi) is 12.8. The molecule has 0 fully saturated rings. The SMILES string of the molecule is CCN1CCOc2ccccc2C(=O)N[C@H](C(=O)N[C@H](C)COc2c(F)cccc2Oc2ccc(C)cc2)CC(=O)N[C@H](Cc2ccccc2)C1=O. The maximum absolute atomic E-state index is 14.9. The van der Waals surface area contributed by atoms with E-state index in [4.69, 9.17) is 14.2 Å². The quantitative estimate of drug-likeness (QED) is 0.212. The van der Waals surface area contributed by atoms with Gasteiger partial charge in [-0.3, -0.25) is 19.2 Å². The van der Waals surface area contributed by atoms with Crippen molar-refractivity contribution in [3.8, 4) is 23.0 Å². The van der Waals surface area contributed by atoms with Gasteiger partial charge in [0.25, 0.3) is 5.91 Å². The first kappa shape index (κ1) is 37.3. The van der Waals surface area contributed by atoms with Crippen LogP contribution >= 0.6 is 0 Å². The number of likely N-dealkylation sites (N-methyl/N-ethyl adjacent to an activating group) is 1. The Morgan fingerprint density at radius 3 is 2.44 bits per heavy atom. The Labute approximate surface area is 302 Å². The summed E-state index contributed by atoms with van der Waals surface area (Å²) < 4.78 is 32.6. The average molecular weight is 711 g/mol. The van der Waals surface area contributed by atoms with Crippen LogP contribution in [-0.4, -0.2) is 73.0 Å². The number of rotatable bonds is 10. The lowest BCUT2D eigenvalue weighted by Crippen LogP contribution is -2.54. The van der Waals surface area contributed by atoms with Gasteiger partial charge in [-0.25, -0.2) is 4.39 Å². The van der Waals surface area contributed by atoms with E-state index in [1.165, 1.54) is 12.1 Å². The number of amides is 4. The topological polar surface area (TPSA) is 135 Å². The van der Waals surface area contributed by atoms with Gasteiger partial charge in [0.15, 0.2) is 17.3 Å². The van der Waals surface area contributed by atoms with Crippen LogP contribution in [0.3, 0.4) is 0 Å². The van der Waals surface area contributed by atoms with Crippen molar-refractivity contribution < 1.29 is 37.8 Å². The minimum absolute atomic E-state index is 0.0943. The van der Waals surface area contributed by atoms with Gasteiger partial charge in [0, 0.05) is 13.0 Å². The summed E-state index contributed by atoms with van der Waals surface area (Å²) in [5, 5.41) is 8.24. The van der Waals surface area contributed by atoms with Gasteiger partial charge in [-0.1, -0.05) is 66.2 Å². The van der Waals surface area contributed by atoms with Gasteiger partial charge in [0.1, 0.15) is 36.8 Å². The second-order valence-corrected chi connectivity index (χ2v) is 12.5. The van der Waals surface area contributed by atoms with Crippen molar-refractivity contribution in [2.45, 2.75) is 51.7 Å². The van der Waals surface area contributed by atoms with Crippen LogP contribution in [0.2, 0.25) is 0 Å². The number of nitrogens with one attached hydrogen (secondary N) is 3. The maximum atomic E-state index is 14.9. The zero-order chi connectivity index (χ0) is 37.0. The number of halogens is 1. The third-order valence-corrected chi connectivity index (χ3v) is 8.42. The standard InChI is InChI=1S/C40H43FN4O7/c1-4-45-21-22-50-34-15-9-8-13-30(34)38(47)44-32(24-36(46)43-33(40(45)49)23-28-11-6-5-7-12-28)39(48)42-27(3)25-51-37-31(41)14-10-16-35(37)52-29-19-17-26(2)18-20-29/h5-20,27,32-33H,4,21-25H2,1-3H3,(H,42,48)(H,43,46)(H,44,47)/t27-,32+,33-/m1/s1. The summed E-state index contributed by atoms with van der Waals surface area (Å²) in [5.74, 6) is -2.10. The molecule has 4 amide bonds. The molecule has 0 radical (unpaired) electrons. The van der Waals surface area contributed by atoms with Crippen molar-refractivity contribution in [3.63, 3.8) is 0 Å². The lowest BCUT2D eigenvalue weighted by atomic mass is 10.0. The zero-order valence-electron chi connectivity index (χ0n) is 29.4. The largest absolute Gasteiger partial charge is 0.491 e. The van der Waals surface area contributed by atoms with Crippen molar-refractivity contribution in [1.82, 2.24) is 20.9 Å². The third kappa shape index (κ3) is 10.1. The van der Waals surface area contributed by atoms with E-state index in [1.807, 2.05) is 56.3 Å². The molecule has 1 aliphatic rings. The summed E-state index contributed by atoms with van der Waals surface area (Å²) in [5.41, 5.74) is 2.03. The van der Waals surface area contributed by atoms with E-state index in [-0.39, 0.29) is 54.9 Å². The summed E-state index contributed by atoms with van der Waals surface area (Å²) >= 11 is 0. The first-order valence-corrected chi connectivity index (χ1v) is 17.2. The van der Waals surface area contributed by atoms with E-state index in [2.05, 4.69) is 16.0 Å². The average Bonchev–Trinajstić information content (AvgIpc) is 3.13. The Balaban J connectivity index is 1.34. The molecule has 11 nitrogen and oxygen atoms in total. The molecule has 0 saturated heterocycles. The monoisotopic (exact) mass is 710 g/mol. The second-order valence-electron chi connectivity index (χ2n) is 12.5. The number of carbonyl (C=O) groups excluding carboxylic acids is 4. The lowest BCUT2D eigenvalue weighted by Gasteiger charge is -2.28. The highest BCUT2D eigenvalue weighted by molar-refractivity contribution is 6.01. The van der Waals surface area contributed by atoms with Gasteiger partial charge < -0.3 is 35.1 Å². The summed E-state index contributed by atoms with van der Waals surface area (Å²) in [7, 11) is 0. The smallest absolute Gasteiger partial charge is 0.255 e. The molecule has 0 unspecified atom stereocenters. The fourth-order valence-corrected chi connectivity index (χ4v) is 5.66. The number of hydrogen-bond acceptors (Lipinski definition) is 7. The van der Waals surface area contributed by atoms with Gasteiger partial charge in [-0.2, -0.15) is 0 Å². The number of nitrogens with zero attached hydrogens (tertiary/aromatic N) is 1. The molecule has 4 aromatic rings. The van der Waals surface area contributed by atoms with E-state index in [9.17, 15) is 23.6 Å². The van der Waals surface area contributed by atoms with Crippen LogP contribution in [0.15, 0.2) is 97.1 Å². The van der Waals surface area contributed by atoms with Crippen LogP contribution in [0.5, 0.6) is 23.0 Å². The van der Waals surface area contributed by atoms with Crippen LogP contribution < -0.4 is 30.2 Å². The number of benzene rings is 4. The fourth-order valence-electron chi connectivity index (χ4n) is 5.66. The van der Waals surface area contributed by atoms with Crippen molar-refractivity contribution in [2.75, 3.05) is 26.3 Å². The molecule has 1 aliphatic heterocycles. The lowest BCUT2D eigenvalue weighted by molar-refractivity contribution is -0.137.